The van der Waals surface area contributed by atoms with Crippen LogP contribution in [0.4, 0.5) is 5.69 Å². The molecular weight excluding hydrogens is 368 g/mol. The molecule has 0 bridgehead atoms. The lowest BCUT2D eigenvalue weighted by Gasteiger charge is -2.08. The SMILES string of the molecule is Cc1nc(-c2cccc(NC(=O)Cn3cnc4sccc4c3=O)c2)cs1. The quantitative estimate of drug-likeness (QED) is 0.586. The fourth-order valence-corrected chi connectivity index (χ4v) is 3.96. The van der Waals surface area contributed by atoms with E-state index in [0.29, 0.717) is 15.9 Å². The van der Waals surface area contributed by atoms with Gasteiger partial charge in [0.25, 0.3) is 5.56 Å². The Labute approximate surface area is 156 Å². The fourth-order valence-electron chi connectivity index (χ4n) is 2.61. The first-order chi connectivity index (χ1) is 12.6. The molecule has 0 radical (unpaired) electrons. The molecule has 0 unspecified atom stereocenters. The van der Waals surface area contributed by atoms with Crippen molar-refractivity contribution >= 4 is 44.5 Å². The number of carbonyl (C=O) groups is 1. The molecule has 0 spiro atoms. The van der Waals surface area contributed by atoms with E-state index in [2.05, 4.69) is 15.3 Å². The maximum absolute atomic E-state index is 12.4. The van der Waals surface area contributed by atoms with Crippen LogP contribution in [0.2, 0.25) is 0 Å². The van der Waals surface area contributed by atoms with Crippen molar-refractivity contribution in [2.24, 2.45) is 0 Å². The molecule has 0 aliphatic carbocycles. The van der Waals surface area contributed by atoms with Crippen LogP contribution in [0.1, 0.15) is 5.01 Å². The van der Waals surface area contributed by atoms with Gasteiger partial charge in [0.15, 0.2) is 0 Å². The zero-order valence-electron chi connectivity index (χ0n) is 13.8. The molecule has 0 fully saturated rings. The largest absolute Gasteiger partial charge is 0.325 e. The van der Waals surface area contributed by atoms with E-state index in [9.17, 15) is 9.59 Å². The number of anilines is 1. The summed E-state index contributed by atoms with van der Waals surface area (Å²) < 4.78 is 1.32. The van der Waals surface area contributed by atoms with Crippen molar-refractivity contribution in [2.75, 3.05) is 5.32 Å². The van der Waals surface area contributed by atoms with Crippen LogP contribution in [0, 0.1) is 6.92 Å². The van der Waals surface area contributed by atoms with Crippen LogP contribution in [0.25, 0.3) is 21.5 Å². The third kappa shape index (κ3) is 3.29. The number of aromatic nitrogens is 3. The second kappa shape index (κ2) is 6.81. The van der Waals surface area contributed by atoms with E-state index in [1.807, 2.05) is 41.9 Å². The Bertz CT molecular complexity index is 1160. The molecule has 3 heterocycles. The van der Waals surface area contributed by atoms with E-state index in [4.69, 9.17) is 0 Å². The molecule has 130 valence electrons. The number of carbonyl (C=O) groups excluding carboxylic acids is 1. The zero-order chi connectivity index (χ0) is 18.1. The monoisotopic (exact) mass is 382 g/mol. The Morgan fingerprint density at radius 2 is 2.15 bits per heavy atom. The minimum absolute atomic E-state index is 0.0857. The number of hydrogen-bond donors (Lipinski definition) is 1. The van der Waals surface area contributed by atoms with Gasteiger partial charge in [0, 0.05) is 16.6 Å². The summed E-state index contributed by atoms with van der Waals surface area (Å²) in [4.78, 5) is 34.1. The van der Waals surface area contributed by atoms with Crippen molar-refractivity contribution < 1.29 is 4.79 Å². The van der Waals surface area contributed by atoms with E-state index in [0.717, 1.165) is 16.3 Å². The highest BCUT2D eigenvalue weighted by Crippen LogP contribution is 2.24. The van der Waals surface area contributed by atoms with Crippen molar-refractivity contribution in [3.05, 3.63) is 62.8 Å². The Hall–Kier alpha value is -2.84. The van der Waals surface area contributed by atoms with Crippen molar-refractivity contribution in [1.82, 2.24) is 14.5 Å². The molecule has 1 N–H and O–H groups in total. The first-order valence-electron chi connectivity index (χ1n) is 7.85. The summed E-state index contributed by atoms with van der Waals surface area (Å²) in [6.45, 7) is 1.87. The second-order valence-electron chi connectivity index (χ2n) is 5.70. The molecule has 6 nitrogen and oxygen atoms in total. The molecule has 26 heavy (non-hydrogen) atoms. The molecule has 0 saturated carbocycles. The number of thiophene rings is 1. The number of hydrogen-bond acceptors (Lipinski definition) is 6. The van der Waals surface area contributed by atoms with Gasteiger partial charge in [0.2, 0.25) is 5.91 Å². The molecule has 1 amide bonds. The van der Waals surface area contributed by atoms with E-state index >= 15 is 0 Å². The van der Waals surface area contributed by atoms with E-state index < -0.39 is 0 Å². The van der Waals surface area contributed by atoms with Gasteiger partial charge in [-0.1, -0.05) is 12.1 Å². The lowest BCUT2D eigenvalue weighted by atomic mass is 10.1. The standard InChI is InChI=1S/C18H14N4O2S2/c1-11-20-15(9-26-11)12-3-2-4-13(7-12)21-16(23)8-22-10-19-17-14(18(22)24)5-6-25-17/h2-7,9-10H,8H2,1H3,(H,21,23). The fraction of sp³-hybridized carbons (Fsp3) is 0.111. The lowest BCUT2D eigenvalue weighted by molar-refractivity contribution is -0.116. The second-order valence-corrected chi connectivity index (χ2v) is 7.65. The van der Waals surface area contributed by atoms with Crippen LogP contribution in [-0.2, 0) is 11.3 Å². The van der Waals surface area contributed by atoms with Crippen molar-refractivity contribution in [3.63, 3.8) is 0 Å². The lowest BCUT2D eigenvalue weighted by Crippen LogP contribution is -2.27. The third-order valence-corrected chi connectivity index (χ3v) is 5.42. The third-order valence-electron chi connectivity index (χ3n) is 3.83. The molecule has 0 saturated heterocycles. The highest BCUT2D eigenvalue weighted by molar-refractivity contribution is 7.16. The van der Waals surface area contributed by atoms with Crippen molar-refractivity contribution in [1.29, 1.82) is 0 Å². The van der Waals surface area contributed by atoms with Gasteiger partial charge in [-0.15, -0.1) is 22.7 Å². The van der Waals surface area contributed by atoms with Crippen LogP contribution >= 0.6 is 22.7 Å². The summed E-state index contributed by atoms with van der Waals surface area (Å²) >= 11 is 2.98. The van der Waals surface area contributed by atoms with Crippen LogP contribution in [0.15, 0.2) is 52.2 Å². The van der Waals surface area contributed by atoms with Crippen molar-refractivity contribution in [3.8, 4) is 11.3 Å². The predicted octanol–water partition coefficient (Wildman–Crippen LogP) is 3.53. The highest BCUT2D eigenvalue weighted by Gasteiger charge is 2.10. The average molecular weight is 382 g/mol. The number of nitrogens with one attached hydrogen (secondary N) is 1. The normalized spacial score (nSPS) is 11.0. The summed E-state index contributed by atoms with van der Waals surface area (Å²) in [5.74, 6) is -0.282. The summed E-state index contributed by atoms with van der Waals surface area (Å²) in [6, 6.07) is 9.22. The van der Waals surface area contributed by atoms with Gasteiger partial charge in [0.1, 0.15) is 11.4 Å². The molecule has 0 aliphatic heterocycles. The van der Waals surface area contributed by atoms with Gasteiger partial charge in [-0.3, -0.25) is 14.2 Å². The Kier molecular flexibility index (Phi) is 4.36. The van der Waals surface area contributed by atoms with Crippen LogP contribution in [0.3, 0.4) is 0 Å². The van der Waals surface area contributed by atoms with Gasteiger partial charge >= 0.3 is 0 Å². The first-order valence-corrected chi connectivity index (χ1v) is 9.61. The Morgan fingerprint density at radius 3 is 2.96 bits per heavy atom. The summed E-state index contributed by atoms with van der Waals surface area (Å²) in [6.07, 6.45) is 1.41. The first kappa shape index (κ1) is 16.6. The summed E-state index contributed by atoms with van der Waals surface area (Å²) in [5, 5.41) is 8.15. The number of amides is 1. The maximum atomic E-state index is 12.4. The molecule has 0 atom stereocenters. The van der Waals surface area contributed by atoms with Gasteiger partial charge in [-0.05, 0) is 30.5 Å². The van der Waals surface area contributed by atoms with E-state index in [1.54, 1.807) is 17.4 Å². The highest BCUT2D eigenvalue weighted by atomic mass is 32.1. The molecule has 0 aliphatic rings. The summed E-state index contributed by atoms with van der Waals surface area (Å²) in [5.41, 5.74) is 2.27. The van der Waals surface area contributed by atoms with Gasteiger partial charge < -0.3 is 5.32 Å². The average Bonchev–Trinajstić information content (AvgIpc) is 3.27. The van der Waals surface area contributed by atoms with E-state index in [-0.39, 0.29) is 18.0 Å². The summed E-state index contributed by atoms with van der Waals surface area (Å²) in [7, 11) is 0. The Morgan fingerprint density at radius 1 is 1.27 bits per heavy atom. The molecule has 4 rings (SSSR count). The van der Waals surface area contributed by atoms with Crippen LogP contribution < -0.4 is 10.9 Å². The Balaban J connectivity index is 1.53. The predicted molar refractivity (Wildman–Crippen MR) is 105 cm³/mol. The van der Waals surface area contributed by atoms with Crippen LogP contribution in [-0.4, -0.2) is 20.4 Å². The van der Waals surface area contributed by atoms with Crippen molar-refractivity contribution in [2.45, 2.75) is 13.5 Å². The molecule has 3 aromatic heterocycles. The molecular formula is C18H14N4O2S2. The van der Waals surface area contributed by atoms with Gasteiger partial charge in [-0.25, -0.2) is 9.97 Å². The number of aryl methyl sites for hydroxylation is 1. The topological polar surface area (TPSA) is 76.9 Å². The number of nitrogens with zero attached hydrogens (tertiary/aromatic N) is 3. The number of rotatable bonds is 4. The zero-order valence-corrected chi connectivity index (χ0v) is 15.4. The van der Waals surface area contributed by atoms with E-state index in [1.165, 1.54) is 22.2 Å². The van der Waals surface area contributed by atoms with Crippen LogP contribution in [0.5, 0.6) is 0 Å². The number of fused-ring (bicyclic) bond motifs is 1. The van der Waals surface area contributed by atoms with Gasteiger partial charge in [-0.2, -0.15) is 0 Å². The molecule has 4 aromatic rings. The molecule has 8 heteroatoms. The smallest absolute Gasteiger partial charge is 0.262 e. The minimum atomic E-state index is -0.282. The number of thiazole rings is 1. The van der Waals surface area contributed by atoms with Gasteiger partial charge in [0.05, 0.1) is 22.4 Å². The minimum Gasteiger partial charge on any atom is -0.325 e. The number of benzene rings is 1. The molecule has 1 aromatic carbocycles. The maximum Gasteiger partial charge on any atom is 0.262 e.